The van der Waals surface area contributed by atoms with Crippen LogP contribution in [0.1, 0.15) is 16.7 Å². The highest BCUT2D eigenvalue weighted by atomic mass is 35.5. The molecule has 28 heavy (non-hydrogen) atoms. The SMILES string of the molecule is COC(=O)COc1ccc(F)c2[nH]c(=O)c(Cc3ccc(Cl)cc3Cl)c(C)c12. The first-order chi connectivity index (χ1) is 13.3. The Morgan fingerprint density at radius 2 is 1.96 bits per heavy atom. The van der Waals surface area contributed by atoms with Crippen molar-refractivity contribution in [1.82, 2.24) is 4.98 Å². The van der Waals surface area contributed by atoms with Gasteiger partial charge in [-0.3, -0.25) is 4.79 Å². The second-order valence-electron chi connectivity index (χ2n) is 6.13. The van der Waals surface area contributed by atoms with Gasteiger partial charge in [0.05, 0.1) is 12.6 Å². The van der Waals surface area contributed by atoms with E-state index in [0.29, 0.717) is 32.1 Å². The van der Waals surface area contributed by atoms with Crippen molar-refractivity contribution in [3.63, 3.8) is 0 Å². The van der Waals surface area contributed by atoms with E-state index in [9.17, 15) is 14.0 Å². The fraction of sp³-hybridized carbons (Fsp3) is 0.200. The van der Waals surface area contributed by atoms with Gasteiger partial charge < -0.3 is 14.5 Å². The highest BCUT2D eigenvalue weighted by Gasteiger charge is 2.18. The molecule has 1 N–H and O–H groups in total. The van der Waals surface area contributed by atoms with Crippen LogP contribution < -0.4 is 10.3 Å². The van der Waals surface area contributed by atoms with E-state index < -0.39 is 17.3 Å². The molecule has 0 atom stereocenters. The molecule has 0 bridgehead atoms. The lowest BCUT2D eigenvalue weighted by Gasteiger charge is -2.14. The average molecular weight is 424 g/mol. The third kappa shape index (κ3) is 3.98. The van der Waals surface area contributed by atoms with Gasteiger partial charge in [-0.1, -0.05) is 29.3 Å². The van der Waals surface area contributed by atoms with Crippen LogP contribution in [0.2, 0.25) is 10.0 Å². The highest BCUT2D eigenvalue weighted by Crippen LogP contribution is 2.31. The molecule has 3 rings (SSSR count). The maximum Gasteiger partial charge on any atom is 0.343 e. The Labute approximate surface area is 170 Å². The number of H-pyrrole nitrogens is 1. The molecular formula is C20H16Cl2FNO4. The zero-order valence-corrected chi connectivity index (χ0v) is 16.6. The summed E-state index contributed by atoms with van der Waals surface area (Å²) in [7, 11) is 1.24. The number of esters is 1. The van der Waals surface area contributed by atoms with Crippen LogP contribution in [0, 0.1) is 12.7 Å². The number of benzene rings is 2. The molecule has 0 aliphatic carbocycles. The summed E-state index contributed by atoms with van der Waals surface area (Å²) in [5.41, 5.74) is 1.22. The molecule has 0 amide bonds. The molecule has 0 spiro atoms. The number of carbonyl (C=O) groups is 1. The van der Waals surface area contributed by atoms with Crippen LogP contribution >= 0.6 is 23.2 Å². The summed E-state index contributed by atoms with van der Waals surface area (Å²) in [5, 5.41) is 1.29. The summed E-state index contributed by atoms with van der Waals surface area (Å²) in [5.74, 6) is -0.914. The van der Waals surface area contributed by atoms with Crippen LogP contribution in [0.15, 0.2) is 35.1 Å². The molecule has 1 heterocycles. The number of hydrogen-bond donors (Lipinski definition) is 1. The zero-order valence-electron chi connectivity index (χ0n) is 15.1. The Balaban J connectivity index is 2.13. The predicted octanol–water partition coefficient (Wildman–Crippen LogP) is 4.43. The quantitative estimate of drug-likeness (QED) is 0.616. The minimum Gasteiger partial charge on any atom is -0.481 e. The lowest BCUT2D eigenvalue weighted by Crippen LogP contribution is -2.17. The monoisotopic (exact) mass is 423 g/mol. The first-order valence-electron chi connectivity index (χ1n) is 8.29. The Morgan fingerprint density at radius 3 is 2.64 bits per heavy atom. The van der Waals surface area contributed by atoms with Gasteiger partial charge in [0.1, 0.15) is 11.6 Å². The first kappa shape index (κ1) is 20.2. The number of aromatic nitrogens is 1. The van der Waals surface area contributed by atoms with E-state index in [-0.39, 0.29) is 24.3 Å². The second kappa shape index (κ2) is 8.20. The Bertz CT molecular complexity index is 1130. The molecule has 0 saturated carbocycles. The minimum absolute atomic E-state index is 0.0100. The predicted molar refractivity (Wildman–Crippen MR) is 106 cm³/mol. The molecule has 0 aliphatic rings. The van der Waals surface area contributed by atoms with Crippen molar-refractivity contribution >= 4 is 40.1 Å². The van der Waals surface area contributed by atoms with Crippen LogP contribution in [-0.4, -0.2) is 24.7 Å². The van der Waals surface area contributed by atoms with Crippen molar-refractivity contribution < 1.29 is 18.7 Å². The summed E-state index contributed by atoms with van der Waals surface area (Å²) in [4.78, 5) is 26.6. The van der Waals surface area contributed by atoms with E-state index in [1.807, 2.05) is 0 Å². The molecule has 8 heteroatoms. The van der Waals surface area contributed by atoms with Crippen LogP contribution in [0.3, 0.4) is 0 Å². The first-order valence-corrected chi connectivity index (χ1v) is 9.05. The number of aryl methyl sites for hydroxylation is 1. The van der Waals surface area contributed by atoms with E-state index in [1.54, 1.807) is 25.1 Å². The number of halogens is 3. The van der Waals surface area contributed by atoms with Crippen LogP contribution in [0.4, 0.5) is 4.39 Å². The Kier molecular flexibility index (Phi) is 5.91. The molecular weight excluding hydrogens is 408 g/mol. The Hall–Kier alpha value is -2.57. The van der Waals surface area contributed by atoms with Gasteiger partial charge in [0.2, 0.25) is 0 Å². The Morgan fingerprint density at radius 1 is 1.21 bits per heavy atom. The summed E-state index contributed by atoms with van der Waals surface area (Å²) < 4.78 is 24.4. The summed E-state index contributed by atoms with van der Waals surface area (Å²) >= 11 is 12.1. The topological polar surface area (TPSA) is 68.4 Å². The molecule has 0 aliphatic heterocycles. The van der Waals surface area contributed by atoms with Gasteiger partial charge in [0.15, 0.2) is 6.61 Å². The van der Waals surface area contributed by atoms with Gasteiger partial charge in [-0.05, 0) is 42.3 Å². The molecule has 2 aromatic carbocycles. The molecule has 3 aromatic rings. The van der Waals surface area contributed by atoms with E-state index in [2.05, 4.69) is 9.72 Å². The average Bonchev–Trinajstić information content (AvgIpc) is 2.66. The number of rotatable bonds is 5. The number of nitrogens with one attached hydrogen (secondary N) is 1. The van der Waals surface area contributed by atoms with Crippen molar-refractivity contribution in [3.8, 4) is 5.75 Å². The summed E-state index contributed by atoms with van der Waals surface area (Å²) in [6.45, 7) is 1.36. The zero-order chi connectivity index (χ0) is 20.4. The molecule has 1 aromatic heterocycles. The van der Waals surface area contributed by atoms with Crippen LogP contribution in [-0.2, 0) is 16.0 Å². The maximum atomic E-state index is 14.3. The maximum absolute atomic E-state index is 14.3. The standard InChI is InChI=1S/C20H16Cl2FNO4/c1-10-13(7-11-3-4-12(21)8-14(11)22)20(26)24-19-15(23)5-6-16(18(10)19)28-9-17(25)27-2/h3-6,8H,7,9H2,1-2H3,(H,24,26). The van der Waals surface area contributed by atoms with Gasteiger partial charge in [-0.2, -0.15) is 0 Å². The van der Waals surface area contributed by atoms with Gasteiger partial charge in [-0.15, -0.1) is 0 Å². The number of pyridine rings is 1. The van der Waals surface area contributed by atoms with Crippen molar-refractivity contribution in [3.05, 3.63) is 73.2 Å². The van der Waals surface area contributed by atoms with Gasteiger partial charge >= 0.3 is 5.97 Å². The number of fused-ring (bicyclic) bond motifs is 1. The fourth-order valence-corrected chi connectivity index (χ4v) is 3.42. The van der Waals surface area contributed by atoms with E-state index in [1.165, 1.54) is 19.2 Å². The van der Waals surface area contributed by atoms with Crippen molar-refractivity contribution in [1.29, 1.82) is 0 Å². The number of ether oxygens (including phenoxy) is 2. The van der Waals surface area contributed by atoms with Gasteiger partial charge in [0.25, 0.3) is 5.56 Å². The number of hydrogen-bond acceptors (Lipinski definition) is 4. The summed E-state index contributed by atoms with van der Waals surface area (Å²) in [6.07, 6.45) is 0.222. The lowest BCUT2D eigenvalue weighted by atomic mass is 9.98. The molecule has 0 fully saturated rings. The van der Waals surface area contributed by atoms with Crippen molar-refractivity contribution in [2.24, 2.45) is 0 Å². The van der Waals surface area contributed by atoms with Gasteiger partial charge in [0, 0.05) is 27.4 Å². The molecule has 0 unspecified atom stereocenters. The second-order valence-corrected chi connectivity index (χ2v) is 6.97. The third-order valence-electron chi connectivity index (χ3n) is 4.41. The number of carbonyl (C=O) groups excluding carboxylic acids is 1. The molecule has 0 saturated heterocycles. The van der Waals surface area contributed by atoms with Crippen LogP contribution in [0.5, 0.6) is 5.75 Å². The molecule has 146 valence electrons. The highest BCUT2D eigenvalue weighted by molar-refractivity contribution is 6.35. The lowest BCUT2D eigenvalue weighted by molar-refractivity contribution is -0.142. The van der Waals surface area contributed by atoms with E-state index >= 15 is 0 Å². The third-order valence-corrected chi connectivity index (χ3v) is 5.00. The van der Waals surface area contributed by atoms with Crippen LogP contribution in [0.25, 0.3) is 10.9 Å². The van der Waals surface area contributed by atoms with Crippen molar-refractivity contribution in [2.75, 3.05) is 13.7 Å². The fourth-order valence-electron chi connectivity index (χ4n) is 2.95. The van der Waals surface area contributed by atoms with E-state index in [0.717, 1.165) is 0 Å². The largest absolute Gasteiger partial charge is 0.481 e. The summed E-state index contributed by atoms with van der Waals surface area (Å²) in [6, 6.07) is 7.57. The van der Waals surface area contributed by atoms with Crippen molar-refractivity contribution in [2.45, 2.75) is 13.3 Å². The van der Waals surface area contributed by atoms with Gasteiger partial charge in [-0.25, -0.2) is 9.18 Å². The number of methoxy groups -OCH3 is 1. The normalized spacial score (nSPS) is 10.9. The minimum atomic E-state index is -0.600. The molecule has 0 radical (unpaired) electrons. The smallest absolute Gasteiger partial charge is 0.343 e. The number of aromatic amines is 1. The van der Waals surface area contributed by atoms with E-state index in [4.69, 9.17) is 27.9 Å². The molecule has 5 nitrogen and oxygen atoms in total.